The van der Waals surface area contributed by atoms with Crippen LogP contribution in [-0.2, 0) is 4.74 Å². The number of hydrogen-bond donors (Lipinski definition) is 1. The molecule has 1 atom stereocenters. The van der Waals surface area contributed by atoms with Gasteiger partial charge in [0.15, 0.2) is 0 Å². The van der Waals surface area contributed by atoms with Gasteiger partial charge in [-0.25, -0.2) is 0 Å². The van der Waals surface area contributed by atoms with E-state index in [0.29, 0.717) is 5.92 Å². The van der Waals surface area contributed by atoms with Gasteiger partial charge in [0.25, 0.3) is 5.69 Å². The van der Waals surface area contributed by atoms with Crippen LogP contribution in [-0.4, -0.2) is 24.7 Å². The van der Waals surface area contributed by atoms with Gasteiger partial charge in [0.1, 0.15) is 0 Å². The largest absolute Gasteiger partial charge is 0.381 e. The second-order valence-electron chi connectivity index (χ2n) is 5.00. The minimum absolute atomic E-state index is 0.00977. The summed E-state index contributed by atoms with van der Waals surface area (Å²) in [5.74, 6) is 0.610. The first-order valence-electron chi connectivity index (χ1n) is 6.73. The second-order valence-corrected chi connectivity index (χ2v) is 5.00. The number of rotatable bonds is 5. The van der Waals surface area contributed by atoms with Crippen molar-refractivity contribution in [1.82, 2.24) is 5.32 Å². The Morgan fingerprint density at radius 2 is 2.11 bits per heavy atom. The Hall–Kier alpha value is -1.46. The Morgan fingerprint density at radius 1 is 1.42 bits per heavy atom. The fourth-order valence-electron chi connectivity index (χ4n) is 2.42. The summed E-state index contributed by atoms with van der Waals surface area (Å²) in [4.78, 5) is 10.7. The number of para-hydroxylation sites is 1. The van der Waals surface area contributed by atoms with Crippen molar-refractivity contribution in [1.29, 1.82) is 0 Å². The molecule has 0 saturated carbocycles. The number of nitrogens with one attached hydrogen (secondary N) is 1. The monoisotopic (exact) mass is 264 g/mol. The lowest BCUT2D eigenvalue weighted by molar-refractivity contribution is -0.385. The van der Waals surface area contributed by atoms with Gasteiger partial charge in [-0.05, 0) is 32.2 Å². The lowest BCUT2D eigenvalue weighted by Gasteiger charge is -2.24. The Labute approximate surface area is 113 Å². The number of nitro groups is 1. The third kappa shape index (κ3) is 3.75. The Morgan fingerprint density at radius 3 is 2.79 bits per heavy atom. The quantitative estimate of drug-likeness (QED) is 0.656. The van der Waals surface area contributed by atoms with Crippen LogP contribution in [0.4, 0.5) is 5.69 Å². The molecule has 1 fully saturated rings. The molecule has 0 amide bonds. The number of hydrogen-bond acceptors (Lipinski definition) is 4. The van der Waals surface area contributed by atoms with Crippen LogP contribution in [0.1, 0.15) is 31.4 Å². The number of ether oxygens (including phenoxy) is 1. The zero-order valence-corrected chi connectivity index (χ0v) is 11.2. The van der Waals surface area contributed by atoms with E-state index in [1.807, 2.05) is 19.1 Å². The van der Waals surface area contributed by atoms with Crippen LogP contribution in [0.3, 0.4) is 0 Å². The molecule has 1 saturated heterocycles. The summed E-state index contributed by atoms with van der Waals surface area (Å²) >= 11 is 0. The van der Waals surface area contributed by atoms with Crippen molar-refractivity contribution in [3.63, 3.8) is 0 Å². The molecule has 5 heteroatoms. The predicted molar refractivity (Wildman–Crippen MR) is 73.1 cm³/mol. The van der Waals surface area contributed by atoms with E-state index >= 15 is 0 Å². The zero-order valence-electron chi connectivity index (χ0n) is 11.2. The maximum absolute atomic E-state index is 11.0. The smallest absolute Gasteiger partial charge is 0.274 e. The van der Waals surface area contributed by atoms with Crippen LogP contribution < -0.4 is 5.32 Å². The summed E-state index contributed by atoms with van der Waals surface area (Å²) in [5, 5.41) is 14.4. The van der Waals surface area contributed by atoms with Gasteiger partial charge in [-0.1, -0.05) is 18.2 Å². The lowest BCUT2D eigenvalue weighted by atomic mass is 9.99. The van der Waals surface area contributed by atoms with E-state index < -0.39 is 0 Å². The minimum Gasteiger partial charge on any atom is -0.381 e. The fourth-order valence-corrected chi connectivity index (χ4v) is 2.42. The van der Waals surface area contributed by atoms with Crippen LogP contribution in [0, 0.1) is 16.0 Å². The maximum Gasteiger partial charge on any atom is 0.274 e. The third-order valence-corrected chi connectivity index (χ3v) is 3.65. The van der Waals surface area contributed by atoms with Crippen LogP contribution in [0.15, 0.2) is 24.3 Å². The van der Waals surface area contributed by atoms with E-state index in [2.05, 4.69) is 5.32 Å². The third-order valence-electron chi connectivity index (χ3n) is 3.65. The first-order chi connectivity index (χ1) is 9.18. The molecule has 104 valence electrons. The average Bonchev–Trinajstić information content (AvgIpc) is 2.46. The SMILES string of the molecule is CC(NCC1CCOCC1)c1ccccc1[N+](=O)[O-]. The van der Waals surface area contributed by atoms with E-state index in [4.69, 9.17) is 4.74 Å². The van der Waals surface area contributed by atoms with Gasteiger partial charge in [0.05, 0.1) is 4.92 Å². The van der Waals surface area contributed by atoms with Crippen molar-refractivity contribution >= 4 is 5.69 Å². The van der Waals surface area contributed by atoms with Gasteiger partial charge < -0.3 is 10.1 Å². The molecule has 0 radical (unpaired) electrons. The molecule has 1 heterocycles. The molecule has 1 aliphatic rings. The summed E-state index contributed by atoms with van der Waals surface area (Å²) in [6, 6.07) is 6.91. The summed E-state index contributed by atoms with van der Waals surface area (Å²) in [6.45, 7) is 4.51. The highest BCUT2D eigenvalue weighted by molar-refractivity contribution is 5.41. The molecule has 0 spiro atoms. The molecule has 19 heavy (non-hydrogen) atoms. The molecule has 0 aliphatic carbocycles. The molecule has 1 N–H and O–H groups in total. The molecule has 0 aromatic heterocycles. The normalized spacial score (nSPS) is 18.2. The molecule has 2 rings (SSSR count). The van der Waals surface area contributed by atoms with Gasteiger partial charge in [-0.2, -0.15) is 0 Å². The van der Waals surface area contributed by atoms with Crippen molar-refractivity contribution in [3.05, 3.63) is 39.9 Å². The van der Waals surface area contributed by atoms with Crippen molar-refractivity contribution < 1.29 is 9.66 Å². The zero-order chi connectivity index (χ0) is 13.7. The molecular weight excluding hydrogens is 244 g/mol. The predicted octanol–water partition coefficient (Wildman–Crippen LogP) is 2.67. The van der Waals surface area contributed by atoms with E-state index in [0.717, 1.165) is 38.2 Å². The molecule has 1 aromatic carbocycles. The van der Waals surface area contributed by atoms with Gasteiger partial charge in [0, 0.05) is 30.9 Å². The van der Waals surface area contributed by atoms with Gasteiger partial charge >= 0.3 is 0 Å². The van der Waals surface area contributed by atoms with Crippen LogP contribution in [0.25, 0.3) is 0 Å². The topological polar surface area (TPSA) is 64.4 Å². The van der Waals surface area contributed by atoms with Gasteiger partial charge in [-0.15, -0.1) is 0 Å². The van der Waals surface area contributed by atoms with E-state index in [-0.39, 0.29) is 16.7 Å². The second kappa shape index (κ2) is 6.63. The van der Waals surface area contributed by atoms with E-state index in [9.17, 15) is 10.1 Å². The summed E-state index contributed by atoms with van der Waals surface area (Å²) < 4.78 is 5.32. The highest BCUT2D eigenvalue weighted by Crippen LogP contribution is 2.25. The van der Waals surface area contributed by atoms with E-state index in [1.165, 1.54) is 0 Å². The fraction of sp³-hybridized carbons (Fsp3) is 0.571. The molecule has 1 aromatic rings. The first-order valence-corrected chi connectivity index (χ1v) is 6.73. The summed E-state index contributed by atoms with van der Waals surface area (Å²) in [6.07, 6.45) is 2.13. The van der Waals surface area contributed by atoms with Crippen molar-refractivity contribution in [2.24, 2.45) is 5.92 Å². The van der Waals surface area contributed by atoms with Gasteiger partial charge in [0.2, 0.25) is 0 Å². The Kier molecular flexibility index (Phi) is 4.87. The number of benzene rings is 1. The molecular formula is C14H20N2O3. The van der Waals surface area contributed by atoms with Crippen molar-refractivity contribution in [3.8, 4) is 0 Å². The maximum atomic E-state index is 11.0. The molecule has 5 nitrogen and oxygen atoms in total. The van der Waals surface area contributed by atoms with Crippen LogP contribution in [0.5, 0.6) is 0 Å². The Balaban J connectivity index is 1.95. The molecule has 0 bridgehead atoms. The first kappa shape index (κ1) is 14.0. The average molecular weight is 264 g/mol. The van der Waals surface area contributed by atoms with Crippen molar-refractivity contribution in [2.45, 2.75) is 25.8 Å². The Bertz CT molecular complexity index is 430. The number of nitro benzene ring substituents is 1. The highest BCUT2D eigenvalue weighted by Gasteiger charge is 2.19. The van der Waals surface area contributed by atoms with Gasteiger partial charge in [-0.3, -0.25) is 10.1 Å². The summed E-state index contributed by atoms with van der Waals surface area (Å²) in [5.41, 5.74) is 0.939. The van der Waals surface area contributed by atoms with Crippen LogP contribution >= 0.6 is 0 Å². The van der Waals surface area contributed by atoms with Crippen LogP contribution in [0.2, 0.25) is 0 Å². The number of nitrogens with zero attached hydrogens (tertiary/aromatic N) is 1. The molecule has 1 aliphatic heterocycles. The molecule has 1 unspecified atom stereocenters. The highest BCUT2D eigenvalue weighted by atomic mass is 16.6. The standard InChI is InChI=1S/C14H20N2O3/c1-11(15-10-12-6-8-19-9-7-12)13-4-2-3-5-14(13)16(17)18/h2-5,11-12,15H,6-10H2,1H3. The minimum atomic E-state index is -0.317. The van der Waals surface area contributed by atoms with E-state index in [1.54, 1.807) is 12.1 Å². The van der Waals surface area contributed by atoms with Crippen molar-refractivity contribution in [2.75, 3.05) is 19.8 Å². The lowest BCUT2D eigenvalue weighted by Crippen LogP contribution is -2.29. The summed E-state index contributed by atoms with van der Waals surface area (Å²) in [7, 11) is 0.